The minimum Gasteiger partial charge on any atom is -0.618 e. The summed E-state index contributed by atoms with van der Waals surface area (Å²) in [5, 5.41) is 22.9. The second-order valence-electron chi connectivity index (χ2n) is 4.81. The third-order valence-electron chi connectivity index (χ3n) is 3.34. The highest BCUT2D eigenvalue weighted by molar-refractivity contribution is 5.97. The van der Waals surface area contributed by atoms with Crippen molar-refractivity contribution in [2.45, 2.75) is 0 Å². The molecule has 0 aliphatic heterocycles. The SMILES string of the molecule is COC(=O)c1c(O)c2ccc(Oc3ccccc3)cc2c[n+]1[O-]. The van der Waals surface area contributed by atoms with Crippen LogP contribution >= 0.6 is 0 Å². The van der Waals surface area contributed by atoms with E-state index in [2.05, 4.69) is 4.74 Å². The van der Waals surface area contributed by atoms with E-state index in [1.165, 1.54) is 6.20 Å². The third-order valence-corrected chi connectivity index (χ3v) is 3.34. The molecule has 3 rings (SSSR count). The first-order valence-electron chi connectivity index (χ1n) is 6.80. The Bertz CT molecular complexity index is 877. The molecule has 0 saturated heterocycles. The number of benzene rings is 2. The van der Waals surface area contributed by atoms with Crippen LogP contribution in [-0.4, -0.2) is 18.2 Å². The van der Waals surface area contributed by atoms with Crippen molar-refractivity contribution in [3.8, 4) is 17.2 Å². The van der Waals surface area contributed by atoms with Crippen molar-refractivity contribution >= 4 is 16.7 Å². The Morgan fingerprint density at radius 1 is 1.13 bits per heavy atom. The normalized spacial score (nSPS) is 10.5. The van der Waals surface area contributed by atoms with Crippen molar-refractivity contribution in [3.63, 3.8) is 0 Å². The maximum absolute atomic E-state index is 11.9. The van der Waals surface area contributed by atoms with Crippen LogP contribution in [0, 0.1) is 5.21 Å². The number of hydrogen-bond donors (Lipinski definition) is 1. The lowest BCUT2D eigenvalue weighted by molar-refractivity contribution is -0.607. The monoisotopic (exact) mass is 311 g/mol. The zero-order valence-electron chi connectivity index (χ0n) is 12.2. The first-order chi connectivity index (χ1) is 11.1. The van der Waals surface area contributed by atoms with E-state index in [1.807, 2.05) is 18.2 Å². The lowest BCUT2D eigenvalue weighted by Crippen LogP contribution is -2.34. The lowest BCUT2D eigenvalue weighted by Gasteiger charge is -2.09. The van der Waals surface area contributed by atoms with Gasteiger partial charge in [0.2, 0.25) is 5.75 Å². The molecule has 1 N–H and O–H groups in total. The molecule has 0 amide bonds. The van der Waals surface area contributed by atoms with Crippen LogP contribution in [0.5, 0.6) is 17.2 Å². The topological polar surface area (TPSA) is 82.7 Å². The van der Waals surface area contributed by atoms with Gasteiger partial charge in [-0.25, -0.2) is 4.79 Å². The molecule has 0 aliphatic carbocycles. The van der Waals surface area contributed by atoms with Crippen molar-refractivity contribution in [2.24, 2.45) is 0 Å². The average molecular weight is 311 g/mol. The van der Waals surface area contributed by atoms with Gasteiger partial charge in [-0.3, -0.25) is 0 Å². The van der Waals surface area contributed by atoms with Crippen molar-refractivity contribution in [1.82, 2.24) is 0 Å². The first-order valence-corrected chi connectivity index (χ1v) is 6.80. The van der Waals surface area contributed by atoms with Gasteiger partial charge in [-0.15, -0.1) is 0 Å². The fraction of sp³-hybridized carbons (Fsp3) is 0.0588. The fourth-order valence-electron chi connectivity index (χ4n) is 2.26. The van der Waals surface area contributed by atoms with Gasteiger partial charge < -0.3 is 19.8 Å². The predicted octanol–water partition coefficient (Wildman–Crippen LogP) is 2.76. The van der Waals surface area contributed by atoms with E-state index in [4.69, 9.17) is 4.74 Å². The number of ether oxygens (including phenoxy) is 2. The van der Waals surface area contributed by atoms with Crippen molar-refractivity contribution in [2.75, 3.05) is 7.11 Å². The zero-order chi connectivity index (χ0) is 16.4. The number of carbonyl (C=O) groups is 1. The summed E-state index contributed by atoms with van der Waals surface area (Å²) in [6.07, 6.45) is 1.19. The molecule has 23 heavy (non-hydrogen) atoms. The van der Waals surface area contributed by atoms with E-state index in [9.17, 15) is 15.1 Å². The summed E-state index contributed by atoms with van der Waals surface area (Å²) in [6.45, 7) is 0. The van der Waals surface area contributed by atoms with Crippen LogP contribution in [0.25, 0.3) is 10.8 Å². The van der Waals surface area contributed by atoms with Crippen LogP contribution in [0.1, 0.15) is 10.5 Å². The molecule has 0 fully saturated rings. The number of nitrogens with zero attached hydrogens (tertiary/aromatic N) is 1. The minimum absolute atomic E-state index is 0.287. The van der Waals surface area contributed by atoms with E-state index >= 15 is 0 Å². The molecule has 116 valence electrons. The van der Waals surface area contributed by atoms with Crippen molar-refractivity contribution < 1.29 is 24.1 Å². The molecule has 0 spiro atoms. The minimum atomic E-state index is -0.899. The van der Waals surface area contributed by atoms with E-state index in [-0.39, 0.29) is 4.73 Å². The molecule has 3 aromatic rings. The van der Waals surface area contributed by atoms with Gasteiger partial charge in [0.15, 0.2) is 6.20 Å². The van der Waals surface area contributed by atoms with Crippen LogP contribution in [0.3, 0.4) is 0 Å². The van der Waals surface area contributed by atoms with Crippen LogP contribution in [0.2, 0.25) is 0 Å². The van der Waals surface area contributed by atoms with Crippen molar-refractivity contribution in [3.05, 3.63) is 65.6 Å². The van der Waals surface area contributed by atoms with Crippen LogP contribution in [-0.2, 0) is 4.74 Å². The smallest absolute Gasteiger partial charge is 0.408 e. The second-order valence-corrected chi connectivity index (χ2v) is 4.81. The van der Waals surface area contributed by atoms with E-state index in [0.717, 1.165) is 7.11 Å². The molecule has 1 heterocycles. The van der Waals surface area contributed by atoms with E-state index < -0.39 is 17.4 Å². The van der Waals surface area contributed by atoms with Crippen molar-refractivity contribution in [1.29, 1.82) is 0 Å². The number of methoxy groups -OCH3 is 1. The summed E-state index contributed by atoms with van der Waals surface area (Å²) >= 11 is 0. The van der Waals surface area contributed by atoms with Crippen LogP contribution < -0.4 is 9.47 Å². The largest absolute Gasteiger partial charge is 0.618 e. The molecule has 0 bridgehead atoms. The molecule has 2 aromatic carbocycles. The number of pyridine rings is 1. The van der Waals surface area contributed by atoms with Gasteiger partial charge in [0.05, 0.1) is 12.5 Å². The molecule has 0 radical (unpaired) electrons. The Morgan fingerprint density at radius 3 is 2.57 bits per heavy atom. The molecule has 0 unspecified atom stereocenters. The zero-order valence-corrected chi connectivity index (χ0v) is 12.2. The van der Waals surface area contributed by atoms with Crippen LogP contribution in [0.15, 0.2) is 54.7 Å². The van der Waals surface area contributed by atoms with Gasteiger partial charge in [-0.05, 0) is 30.3 Å². The number of rotatable bonds is 3. The highest BCUT2D eigenvalue weighted by Gasteiger charge is 2.25. The number of carbonyl (C=O) groups excluding carboxylic acids is 1. The molecule has 6 heteroatoms. The maximum atomic E-state index is 11.9. The Labute approximate surface area is 131 Å². The number of hydrogen-bond acceptors (Lipinski definition) is 5. The lowest BCUT2D eigenvalue weighted by atomic mass is 10.1. The molecule has 6 nitrogen and oxygen atoms in total. The summed E-state index contributed by atoms with van der Waals surface area (Å²) in [5.41, 5.74) is -0.447. The van der Waals surface area contributed by atoms with Gasteiger partial charge in [-0.1, -0.05) is 18.2 Å². The summed E-state index contributed by atoms with van der Waals surface area (Å²) in [7, 11) is 1.14. The Kier molecular flexibility index (Phi) is 3.72. The van der Waals surface area contributed by atoms with Crippen LogP contribution in [0.4, 0.5) is 0 Å². The maximum Gasteiger partial charge on any atom is 0.408 e. The average Bonchev–Trinajstić information content (AvgIpc) is 2.55. The highest BCUT2D eigenvalue weighted by atomic mass is 16.5. The highest BCUT2D eigenvalue weighted by Crippen LogP contribution is 2.31. The van der Waals surface area contributed by atoms with Gasteiger partial charge in [0.1, 0.15) is 11.5 Å². The summed E-state index contributed by atoms with van der Waals surface area (Å²) < 4.78 is 10.5. The van der Waals surface area contributed by atoms with E-state index in [0.29, 0.717) is 22.3 Å². The van der Waals surface area contributed by atoms with E-state index in [1.54, 1.807) is 30.3 Å². The molecule has 1 aromatic heterocycles. The number of esters is 1. The molecule has 0 atom stereocenters. The molecule has 0 aliphatic rings. The summed E-state index contributed by atoms with van der Waals surface area (Å²) in [6, 6.07) is 14.0. The van der Waals surface area contributed by atoms with Gasteiger partial charge >= 0.3 is 11.7 Å². The summed E-state index contributed by atoms with van der Waals surface area (Å²) in [5.74, 6) is -0.161. The van der Waals surface area contributed by atoms with Gasteiger partial charge in [-0.2, -0.15) is 4.73 Å². The number of fused-ring (bicyclic) bond motifs is 1. The molecular formula is C17H13NO5. The Hall–Kier alpha value is -3.28. The van der Waals surface area contributed by atoms with Gasteiger partial charge in [0, 0.05) is 5.39 Å². The molecule has 0 saturated carbocycles. The predicted molar refractivity (Wildman–Crippen MR) is 82.4 cm³/mol. The summed E-state index contributed by atoms with van der Waals surface area (Å²) in [4.78, 5) is 11.6. The fourth-order valence-corrected chi connectivity index (χ4v) is 2.26. The van der Waals surface area contributed by atoms with Gasteiger partial charge in [0.25, 0.3) is 0 Å². The Balaban J connectivity index is 2.06. The number of para-hydroxylation sites is 1. The quantitative estimate of drug-likeness (QED) is 0.457. The standard InChI is InChI=1S/C17H13NO5/c1-22-17(20)15-16(19)14-8-7-13(9-11(14)10-18(15)21)23-12-5-3-2-4-6-12/h2-10,19H,1H3. The second kappa shape index (κ2) is 5.84. The third kappa shape index (κ3) is 2.74. The number of aromatic hydroxyl groups is 1. The number of aromatic nitrogens is 1. The first kappa shape index (κ1) is 14.6. The molecular weight excluding hydrogens is 298 g/mol. The Morgan fingerprint density at radius 2 is 1.87 bits per heavy atom.